The van der Waals surface area contributed by atoms with Gasteiger partial charge in [0.2, 0.25) is 0 Å². The van der Waals surface area contributed by atoms with E-state index in [1.165, 1.54) is 11.3 Å². The van der Waals surface area contributed by atoms with Gasteiger partial charge in [-0.05, 0) is 37.1 Å². The lowest BCUT2D eigenvalue weighted by molar-refractivity contribution is -0.122. The number of carbonyl (C=O) groups excluding carboxylic acids is 1. The Balaban J connectivity index is 1.82. The van der Waals surface area contributed by atoms with Crippen molar-refractivity contribution in [3.8, 4) is 0 Å². The smallest absolute Gasteiger partial charge is 0.146 e. The van der Waals surface area contributed by atoms with Crippen molar-refractivity contribution in [1.29, 1.82) is 0 Å². The molecule has 1 saturated carbocycles. The summed E-state index contributed by atoms with van der Waals surface area (Å²) in [5, 5.41) is 0. The molecule has 1 aliphatic rings. The number of ketones is 1. The Kier molecular flexibility index (Phi) is 3.87. The molecule has 0 radical (unpaired) electrons. The molecule has 1 aliphatic carbocycles. The Morgan fingerprint density at radius 1 is 1.33 bits per heavy atom. The average Bonchev–Trinajstić information content (AvgIpc) is 2.14. The van der Waals surface area contributed by atoms with Gasteiger partial charge in [0.1, 0.15) is 5.78 Å². The van der Waals surface area contributed by atoms with Gasteiger partial charge in [-0.15, -0.1) is 11.8 Å². The third kappa shape index (κ3) is 3.08. The zero-order chi connectivity index (χ0) is 10.7. The van der Waals surface area contributed by atoms with Gasteiger partial charge in [0.05, 0.1) is 5.75 Å². The second-order valence-electron chi connectivity index (χ2n) is 3.84. The lowest BCUT2D eigenvalue weighted by Gasteiger charge is -2.23. The summed E-state index contributed by atoms with van der Waals surface area (Å²) in [6.45, 7) is 0. The Morgan fingerprint density at radius 2 is 2.00 bits per heavy atom. The van der Waals surface area contributed by atoms with Crippen LogP contribution in [0.3, 0.4) is 0 Å². The van der Waals surface area contributed by atoms with Crippen molar-refractivity contribution in [1.82, 2.24) is 0 Å². The molecule has 0 aliphatic heterocycles. The standard InChI is InChI=1S/C12H13BrOS/c13-10-4-6-11(7-5-10)15-8-12(14)9-2-1-3-9/h4-7,9H,1-3,8H2. The molecular formula is C12H13BrOS. The molecule has 0 atom stereocenters. The van der Waals surface area contributed by atoms with E-state index < -0.39 is 0 Å². The molecule has 1 fully saturated rings. The molecule has 0 spiro atoms. The number of thioether (sulfide) groups is 1. The third-order valence-corrected chi connectivity index (χ3v) is 4.32. The largest absolute Gasteiger partial charge is 0.298 e. The Bertz CT molecular complexity index is 343. The molecule has 0 N–H and O–H groups in total. The van der Waals surface area contributed by atoms with Crippen molar-refractivity contribution in [3.63, 3.8) is 0 Å². The van der Waals surface area contributed by atoms with Crippen molar-refractivity contribution < 1.29 is 4.79 Å². The van der Waals surface area contributed by atoms with E-state index in [-0.39, 0.29) is 0 Å². The van der Waals surface area contributed by atoms with Gasteiger partial charge in [-0.1, -0.05) is 22.4 Å². The molecule has 0 heterocycles. The maximum absolute atomic E-state index is 11.6. The molecule has 2 rings (SSSR count). The molecule has 1 aromatic rings. The minimum Gasteiger partial charge on any atom is -0.298 e. The number of carbonyl (C=O) groups is 1. The number of benzene rings is 1. The van der Waals surface area contributed by atoms with E-state index in [4.69, 9.17) is 0 Å². The van der Waals surface area contributed by atoms with Gasteiger partial charge in [-0.3, -0.25) is 4.79 Å². The number of Topliss-reactive ketones (excluding diaryl/α,β-unsaturated/α-hetero) is 1. The predicted molar refractivity (Wildman–Crippen MR) is 67.2 cm³/mol. The van der Waals surface area contributed by atoms with Crippen LogP contribution in [-0.2, 0) is 4.79 Å². The fraction of sp³-hybridized carbons (Fsp3) is 0.417. The first-order valence-corrected chi connectivity index (χ1v) is 6.94. The summed E-state index contributed by atoms with van der Waals surface area (Å²) in [5.74, 6) is 1.42. The summed E-state index contributed by atoms with van der Waals surface area (Å²) in [7, 11) is 0. The first kappa shape index (κ1) is 11.2. The lowest BCUT2D eigenvalue weighted by atomic mass is 9.83. The first-order chi connectivity index (χ1) is 7.25. The quantitative estimate of drug-likeness (QED) is 0.780. The van der Waals surface area contributed by atoms with Gasteiger partial charge in [-0.25, -0.2) is 0 Å². The van der Waals surface area contributed by atoms with Crippen LogP contribution in [0, 0.1) is 5.92 Å². The summed E-state index contributed by atoms with van der Waals surface area (Å²) in [6.07, 6.45) is 3.46. The second kappa shape index (κ2) is 5.17. The van der Waals surface area contributed by atoms with Crippen LogP contribution in [0.4, 0.5) is 0 Å². The molecule has 1 nitrogen and oxygen atoms in total. The van der Waals surface area contributed by atoms with Gasteiger partial charge >= 0.3 is 0 Å². The van der Waals surface area contributed by atoms with Crippen LogP contribution in [0.2, 0.25) is 0 Å². The molecule has 15 heavy (non-hydrogen) atoms. The van der Waals surface area contributed by atoms with Gasteiger partial charge in [0.15, 0.2) is 0 Å². The van der Waals surface area contributed by atoms with E-state index in [0.29, 0.717) is 17.5 Å². The minimum atomic E-state index is 0.368. The SMILES string of the molecule is O=C(CSc1ccc(Br)cc1)C1CCC1. The third-order valence-electron chi connectivity index (χ3n) is 2.76. The minimum absolute atomic E-state index is 0.368. The van der Waals surface area contributed by atoms with Crippen LogP contribution >= 0.6 is 27.7 Å². The van der Waals surface area contributed by atoms with Crippen molar-refractivity contribution in [2.24, 2.45) is 5.92 Å². The van der Waals surface area contributed by atoms with Crippen molar-refractivity contribution in [3.05, 3.63) is 28.7 Å². The fourth-order valence-corrected chi connectivity index (χ4v) is 2.67. The van der Waals surface area contributed by atoms with Crippen LogP contribution < -0.4 is 0 Å². The van der Waals surface area contributed by atoms with Gasteiger partial charge in [0, 0.05) is 15.3 Å². The van der Waals surface area contributed by atoms with E-state index >= 15 is 0 Å². The molecule has 0 saturated heterocycles. The van der Waals surface area contributed by atoms with E-state index in [0.717, 1.165) is 17.3 Å². The van der Waals surface area contributed by atoms with E-state index in [1.54, 1.807) is 11.8 Å². The number of hydrogen-bond donors (Lipinski definition) is 0. The van der Waals surface area contributed by atoms with E-state index in [9.17, 15) is 4.79 Å². The van der Waals surface area contributed by atoms with Crippen LogP contribution in [-0.4, -0.2) is 11.5 Å². The highest BCUT2D eigenvalue weighted by atomic mass is 79.9. The lowest BCUT2D eigenvalue weighted by Crippen LogP contribution is -2.23. The van der Waals surface area contributed by atoms with Crippen LogP contribution in [0.1, 0.15) is 19.3 Å². The topological polar surface area (TPSA) is 17.1 Å². The van der Waals surface area contributed by atoms with Gasteiger partial charge < -0.3 is 0 Å². The highest BCUT2D eigenvalue weighted by Gasteiger charge is 2.24. The maximum Gasteiger partial charge on any atom is 0.146 e. The molecular weight excluding hydrogens is 272 g/mol. The molecule has 0 bridgehead atoms. The van der Waals surface area contributed by atoms with Crippen LogP contribution in [0.5, 0.6) is 0 Å². The summed E-state index contributed by atoms with van der Waals surface area (Å²) < 4.78 is 1.08. The molecule has 0 amide bonds. The fourth-order valence-electron chi connectivity index (χ4n) is 1.53. The Hall–Kier alpha value is -0.280. The first-order valence-electron chi connectivity index (χ1n) is 5.17. The highest BCUT2D eigenvalue weighted by molar-refractivity contribution is 9.10. The van der Waals surface area contributed by atoms with Gasteiger partial charge in [-0.2, -0.15) is 0 Å². The summed E-state index contributed by atoms with van der Waals surface area (Å²) in [6, 6.07) is 8.11. The van der Waals surface area contributed by atoms with E-state index in [1.807, 2.05) is 24.3 Å². The Morgan fingerprint density at radius 3 is 2.53 bits per heavy atom. The zero-order valence-corrected chi connectivity index (χ0v) is 10.8. The molecule has 1 aromatic carbocycles. The monoisotopic (exact) mass is 284 g/mol. The maximum atomic E-state index is 11.6. The van der Waals surface area contributed by atoms with Crippen LogP contribution in [0.25, 0.3) is 0 Å². The Labute approximate surface area is 103 Å². The predicted octanol–water partition coefficient (Wildman–Crippen LogP) is 3.91. The average molecular weight is 285 g/mol. The van der Waals surface area contributed by atoms with Gasteiger partial charge in [0.25, 0.3) is 0 Å². The molecule has 80 valence electrons. The van der Waals surface area contributed by atoms with E-state index in [2.05, 4.69) is 15.9 Å². The number of hydrogen-bond acceptors (Lipinski definition) is 2. The van der Waals surface area contributed by atoms with Crippen molar-refractivity contribution in [2.75, 3.05) is 5.75 Å². The summed E-state index contributed by atoms with van der Waals surface area (Å²) >= 11 is 5.04. The highest BCUT2D eigenvalue weighted by Crippen LogP contribution is 2.29. The number of rotatable bonds is 4. The molecule has 0 aromatic heterocycles. The zero-order valence-electron chi connectivity index (χ0n) is 8.41. The second-order valence-corrected chi connectivity index (χ2v) is 5.80. The van der Waals surface area contributed by atoms with Crippen molar-refractivity contribution in [2.45, 2.75) is 24.2 Å². The molecule has 0 unspecified atom stereocenters. The van der Waals surface area contributed by atoms with Crippen molar-refractivity contribution >= 4 is 33.5 Å². The summed E-state index contributed by atoms with van der Waals surface area (Å²) in [5.41, 5.74) is 0. The normalized spacial score (nSPS) is 16.1. The molecule has 3 heteroatoms. The van der Waals surface area contributed by atoms with Crippen LogP contribution in [0.15, 0.2) is 33.6 Å². The summed E-state index contributed by atoms with van der Waals surface area (Å²) in [4.78, 5) is 12.8. The number of halogens is 1.